The maximum absolute atomic E-state index is 12.8. The Hall–Kier alpha value is -3.38. The van der Waals surface area contributed by atoms with E-state index in [-0.39, 0.29) is 25.0 Å². The summed E-state index contributed by atoms with van der Waals surface area (Å²) in [5.41, 5.74) is 2.15. The fourth-order valence-electron chi connectivity index (χ4n) is 3.45. The van der Waals surface area contributed by atoms with E-state index in [1.54, 1.807) is 29.2 Å². The Morgan fingerprint density at radius 3 is 2.54 bits per heavy atom. The van der Waals surface area contributed by atoms with Crippen LogP contribution in [0.5, 0.6) is 5.75 Å². The molecule has 2 amide bonds. The molecule has 1 aliphatic heterocycles. The molecule has 0 saturated heterocycles. The lowest BCUT2D eigenvalue weighted by atomic mass is 10.1. The average Bonchev–Trinajstić information content (AvgIpc) is 2.95. The zero-order chi connectivity index (χ0) is 19.7. The molecule has 0 saturated carbocycles. The van der Waals surface area contributed by atoms with Crippen LogP contribution in [-0.4, -0.2) is 36.2 Å². The van der Waals surface area contributed by atoms with Gasteiger partial charge in [0.15, 0.2) is 0 Å². The fraction of sp³-hybridized carbons (Fsp3) is 0.182. The number of hydrogen-bond acceptors (Lipinski definition) is 4. The molecule has 1 unspecified atom stereocenters. The summed E-state index contributed by atoms with van der Waals surface area (Å²) in [5.74, 6) is 0.326. The number of nitrogens with zero attached hydrogens (tertiary/aromatic N) is 1. The quantitative estimate of drug-likeness (QED) is 0.692. The Morgan fingerprint density at radius 2 is 1.82 bits per heavy atom. The van der Waals surface area contributed by atoms with Gasteiger partial charge in [-0.2, -0.15) is 0 Å². The molecule has 6 nitrogen and oxygen atoms in total. The van der Waals surface area contributed by atoms with Crippen molar-refractivity contribution >= 4 is 34.0 Å². The first-order chi connectivity index (χ1) is 13.5. The minimum atomic E-state index is -0.844. The molecule has 0 aromatic heterocycles. The number of nitrogens with one attached hydrogen (secondary N) is 1. The van der Waals surface area contributed by atoms with E-state index in [1.165, 1.54) is 6.92 Å². The van der Waals surface area contributed by atoms with Gasteiger partial charge in [0.1, 0.15) is 18.5 Å². The van der Waals surface area contributed by atoms with Crippen LogP contribution < -0.4 is 15.0 Å². The summed E-state index contributed by atoms with van der Waals surface area (Å²) in [6, 6.07) is 18.3. The van der Waals surface area contributed by atoms with Crippen LogP contribution in [-0.2, 0) is 4.79 Å². The highest BCUT2D eigenvalue weighted by Crippen LogP contribution is 2.37. The van der Waals surface area contributed by atoms with E-state index in [1.807, 2.05) is 36.4 Å². The molecule has 0 radical (unpaired) electrons. The van der Waals surface area contributed by atoms with E-state index in [0.29, 0.717) is 17.0 Å². The monoisotopic (exact) mass is 376 g/mol. The number of benzene rings is 3. The van der Waals surface area contributed by atoms with Crippen LogP contribution in [0.4, 0.5) is 11.4 Å². The van der Waals surface area contributed by atoms with Crippen molar-refractivity contribution in [2.45, 2.75) is 13.0 Å². The highest BCUT2D eigenvalue weighted by molar-refractivity contribution is 6.25. The summed E-state index contributed by atoms with van der Waals surface area (Å²) in [4.78, 5) is 25.4. The van der Waals surface area contributed by atoms with Crippen molar-refractivity contribution in [2.24, 2.45) is 0 Å². The molecule has 1 atom stereocenters. The van der Waals surface area contributed by atoms with Crippen LogP contribution in [0, 0.1) is 0 Å². The molecular formula is C22H20N2O4. The second-order valence-electron chi connectivity index (χ2n) is 6.77. The lowest BCUT2D eigenvalue weighted by Gasteiger charge is -2.21. The van der Waals surface area contributed by atoms with Crippen LogP contribution in [0.3, 0.4) is 0 Å². The fourth-order valence-corrected chi connectivity index (χ4v) is 3.45. The normalized spacial score (nSPS) is 13.6. The van der Waals surface area contributed by atoms with Crippen molar-refractivity contribution < 1.29 is 19.4 Å². The molecule has 142 valence electrons. The van der Waals surface area contributed by atoms with Crippen molar-refractivity contribution in [1.82, 2.24) is 0 Å². The third-order valence-electron chi connectivity index (χ3n) is 4.66. The lowest BCUT2D eigenvalue weighted by Crippen LogP contribution is -2.37. The van der Waals surface area contributed by atoms with Gasteiger partial charge in [-0.3, -0.25) is 9.59 Å². The predicted molar refractivity (Wildman–Crippen MR) is 108 cm³/mol. The molecule has 2 N–H and O–H groups in total. The third-order valence-corrected chi connectivity index (χ3v) is 4.66. The Labute approximate surface area is 162 Å². The van der Waals surface area contributed by atoms with Crippen molar-refractivity contribution in [2.75, 3.05) is 23.4 Å². The number of ether oxygens (including phenoxy) is 1. The molecule has 3 aromatic carbocycles. The van der Waals surface area contributed by atoms with E-state index in [2.05, 4.69) is 5.32 Å². The molecule has 1 heterocycles. The Bertz CT molecular complexity index is 1040. The van der Waals surface area contributed by atoms with Gasteiger partial charge in [-0.05, 0) is 41.8 Å². The number of aliphatic hydroxyl groups is 1. The Morgan fingerprint density at radius 1 is 1.11 bits per heavy atom. The van der Waals surface area contributed by atoms with E-state index in [9.17, 15) is 14.7 Å². The van der Waals surface area contributed by atoms with E-state index < -0.39 is 6.10 Å². The van der Waals surface area contributed by atoms with Crippen molar-refractivity contribution in [3.63, 3.8) is 0 Å². The number of β-amino-alcohol motifs (C(OH)–C–C–N with tert-alkyl or cyclic N) is 1. The first kappa shape index (κ1) is 18.0. The molecule has 4 rings (SSSR count). The summed E-state index contributed by atoms with van der Waals surface area (Å²) in [5, 5.41) is 15.0. The molecular weight excluding hydrogens is 356 g/mol. The third kappa shape index (κ3) is 3.42. The SMILES string of the molecule is CC(=O)Nc1ccc(OCC(O)CN2C(=O)c3cccc4cccc2c34)cc1. The minimum Gasteiger partial charge on any atom is -0.491 e. The summed E-state index contributed by atoms with van der Waals surface area (Å²) >= 11 is 0. The van der Waals surface area contributed by atoms with Crippen LogP contribution >= 0.6 is 0 Å². The topological polar surface area (TPSA) is 78.9 Å². The molecule has 28 heavy (non-hydrogen) atoms. The molecule has 0 aliphatic carbocycles. The van der Waals surface area contributed by atoms with Crippen LogP contribution in [0.1, 0.15) is 17.3 Å². The lowest BCUT2D eigenvalue weighted by molar-refractivity contribution is -0.114. The molecule has 1 aliphatic rings. The standard InChI is InChI=1S/C22H20N2O4/c1-14(25)23-16-8-10-18(11-9-16)28-13-17(26)12-24-20-7-3-5-15-4-2-6-19(21(15)20)22(24)27/h2-11,17,26H,12-13H2,1H3,(H,23,25). The second kappa shape index (κ2) is 7.32. The largest absolute Gasteiger partial charge is 0.491 e. The van der Waals surface area contributed by atoms with Gasteiger partial charge in [0.25, 0.3) is 5.91 Å². The zero-order valence-electron chi connectivity index (χ0n) is 15.4. The minimum absolute atomic E-state index is 0.0512. The highest BCUT2D eigenvalue weighted by Gasteiger charge is 2.30. The van der Waals surface area contributed by atoms with Crippen LogP contribution in [0.15, 0.2) is 60.7 Å². The molecule has 0 bridgehead atoms. The second-order valence-corrected chi connectivity index (χ2v) is 6.77. The number of carbonyl (C=O) groups excluding carboxylic acids is 2. The molecule has 0 spiro atoms. The molecule has 0 fully saturated rings. The van der Waals surface area contributed by atoms with Gasteiger partial charge in [0.05, 0.1) is 12.2 Å². The van der Waals surface area contributed by atoms with Crippen LogP contribution in [0.25, 0.3) is 10.8 Å². The van der Waals surface area contributed by atoms with Crippen LogP contribution in [0.2, 0.25) is 0 Å². The molecule has 3 aromatic rings. The Balaban J connectivity index is 1.41. The van der Waals surface area contributed by atoms with E-state index >= 15 is 0 Å². The maximum atomic E-state index is 12.8. The number of aliphatic hydroxyl groups excluding tert-OH is 1. The zero-order valence-corrected chi connectivity index (χ0v) is 15.4. The molecule has 6 heteroatoms. The number of rotatable bonds is 6. The van der Waals surface area contributed by atoms with Gasteiger partial charge in [-0.15, -0.1) is 0 Å². The number of amides is 2. The van der Waals surface area contributed by atoms with Gasteiger partial charge in [0, 0.05) is 23.6 Å². The van der Waals surface area contributed by atoms with E-state index in [0.717, 1.165) is 16.5 Å². The summed E-state index contributed by atoms with van der Waals surface area (Å²) in [6.45, 7) is 1.64. The maximum Gasteiger partial charge on any atom is 0.259 e. The van der Waals surface area contributed by atoms with Crippen molar-refractivity contribution in [3.8, 4) is 5.75 Å². The first-order valence-corrected chi connectivity index (χ1v) is 9.05. The summed E-state index contributed by atoms with van der Waals surface area (Å²) < 4.78 is 5.62. The highest BCUT2D eigenvalue weighted by atomic mass is 16.5. The van der Waals surface area contributed by atoms with Gasteiger partial charge in [-0.1, -0.05) is 24.3 Å². The van der Waals surface area contributed by atoms with Crippen molar-refractivity contribution in [1.29, 1.82) is 0 Å². The Kier molecular flexibility index (Phi) is 4.71. The average molecular weight is 376 g/mol. The first-order valence-electron chi connectivity index (χ1n) is 9.05. The van der Waals surface area contributed by atoms with Gasteiger partial charge >= 0.3 is 0 Å². The van der Waals surface area contributed by atoms with Crippen molar-refractivity contribution in [3.05, 3.63) is 66.2 Å². The van der Waals surface area contributed by atoms with E-state index in [4.69, 9.17) is 4.74 Å². The summed E-state index contributed by atoms with van der Waals surface area (Å²) in [6.07, 6.45) is -0.844. The number of anilines is 2. The predicted octanol–water partition coefficient (Wildman–Crippen LogP) is 3.20. The summed E-state index contributed by atoms with van der Waals surface area (Å²) in [7, 11) is 0. The van der Waals surface area contributed by atoms with Gasteiger partial charge in [0.2, 0.25) is 5.91 Å². The number of hydrogen-bond donors (Lipinski definition) is 2. The number of carbonyl (C=O) groups is 2. The smallest absolute Gasteiger partial charge is 0.259 e. The van der Waals surface area contributed by atoms with Gasteiger partial charge < -0.3 is 20.1 Å². The van der Waals surface area contributed by atoms with Gasteiger partial charge in [-0.25, -0.2) is 0 Å².